The van der Waals surface area contributed by atoms with E-state index in [1.807, 2.05) is 6.92 Å². The van der Waals surface area contributed by atoms with Gasteiger partial charge in [-0.05, 0) is 26.2 Å². The maximum absolute atomic E-state index is 12.0. The Balaban J connectivity index is 3.60. The molecule has 1 unspecified atom stereocenters. The molecule has 1 atom stereocenters. The van der Waals surface area contributed by atoms with Crippen LogP contribution >= 0.6 is 33.5 Å². The summed E-state index contributed by atoms with van der Waals surface area (Å²) < 4.78 is 3.14. The molecule has 0 fully saturated rings. The van der Waals surface area contributed by atoms with Crippen molar-refractivity contribution in [3.05, 3.63) is 0 Å². The predicted molar refractivity (Wildman–Crippen MR) is 137 cm³/mol. The molecule has 0 spiro atoms. The summed E-state index contributed by atoms with van der Waals surface area (Å²) in [5.41, 5.74) is 0. The van der Waals surface area contributed by atoms with Crippen LogP contribution in [-0.2, 0) is 14.4 Å². The standard InChI is InChI=1S/C21H42N4O3S3/c1-16(2)30-24-14-10-19(26)23-13-9-21(28)25-18(5)8-6-7-12-22-20(27)11-15-29-31-17(3)4/h16-18,24H,6-15H2,1-5H3,(H,22,27)(H,23,26)(H,25,28). The van der Waals surface area contributed by atoms with Crippen molar-refractivity contribution in [3.8, 4) is 0 Å². The van der Waals surface area contributed by atoms with Gasteiger partial charge in [-0.15, -0.1) is 0 Å². The maximum Gasteiger partial charge on any atom is 0.221 e. The lowest BCUT2D eigenvalue weighted by Crippen LogP contribution is -2.36. The van der Waals surface area contributed by atoms with Crippen LogP contribution in [-0.4, -0.2) is 59.7 Å². The molecule has 0 rings (SSSR count). The number of hydrogen-bond acceptors (Lipinski definition) is 7. The Morgan fingerprint density at radius 1 is 0.742 bits per heavy atom. The van der Waals surface area contributed by atoms with Gasteiger partial charge < -0.3 is 16.0 Å². The normalized spacial score (nSPS) is 12.1. The molecule has 0 aromatic heterocycles. The maximum atomic E-state index is 12.0. The Morgan fingerprint density at radius 2 is 1.39 bits per heavy atom. The average Bonchev–Trinajstić information content (AvgIpc) is 2.68. The van der Waals surface area contributed by atoms with E-state index in [0.717, 1.165) is 25.0 Å². The van der Waals surface area contributed by atoms with Gasteiger partial charge in [0.2, 0.25) is 17.7 Å². The highest BCUT2D eigenvalue weighted by Crippen LogP contribution is 2.26. The Morgan fingerprint density at radius 3 is 2.06 bits per heavy atom. The van der Waals surface area contributed by atoms with E-state index in [4.69, 9.17) is 0 Å². The van der Waals surface area contributed by atoms with Gasteiger partial charge in [-0.2, -0.15) is 0 Å². The molecule has 0 aromatic carbocycles. The number of carbonyl (C=O) groups excluding carboxylic acids is 3. The number of amides is 3. The first-order valence-corrected chi connectivity index (χ1v) is 14.5. The monoisotopic (exact) mass is 494 g/mol. The third-order valence-electron chi connectivity index (χ3n) is 3.91. The molecule has 0 aliphatic carbocycles. The zero-order valence-corrected chi connectivity index (χ0v) is 22.2. The summed E-state index contributed by atoms with van der Waals surface area (Å²) in [6.07, 6.45) is 3.96. The molecular formula is C21H42N4O3S3. The molecule has 0 bridgehead atoms. The molecule has 7 nitrogen and oxygen atoms in total. The van der Waals surface area contributed by atoms with Crippen LogP contribution in [0.5, 0.6) is 0 Å². The van der Waals surface area contributed by atoms with E-state index >= 15 is 0 Å². The lowest BCUT2D eigenvalue weighted by Gasteiger charge is -2.14. The second-order valence-electron chi connectivity index (χ2n) is 7.94. The van der Waals surface area contributed by atoms with E-state index in [1.54, 1.807) is 33.5 Å². The van der Waals surface area contributed by atoms with E-state index in [2.05, 4.69) is 48.4 Å². The Bertz CT molecular complexity index is 508. The average molecular weight is 495 g/mol. The van der Waals surface area contributed by atoms with Crippen LogP contribution < -0.4 is 20.7 Å². The molecule has 4 N–H and O–H groups in total. The van der Waals surface area contributed by atoms with Gasteiger partial charge in [0.05, 0.1) is 0 Å². The van der Waals surface area contributed by atoms with E-state index < -0.39 is 0 Å². The van der Waals surface area contributed by atoms with Crippen LogP contribution in [0, 0.1) is 0 Å². The molecular weight excluding hydrogens is 452 g/mol. The van der Waals surface area contributed by atoms with E-state index in [1.165, 1.54) is 0 Å². The number of hydrogen-bond donors (Lipinski definition) is 4. The molecule has 0 radical (unpaired) electrons. The third-order valence-corrected chi connectivity index (χ3v) is 7.71. The largest absolute Gasteiger partial charge is 0.356 e. The van der Waals surface area contributed by atoms with Crippen molar-refractivity contribution < 1.29 is 14.4 Å². The van der Waals surface area contributed by atoms with Crippen molar-refractivity contribution in [2.24, 2.45) is 0 Å². The molecule has 0 saturated heterocycles. The fraction of sp³-hybridized carbons (Fsp3) is 0.857. The summed E-state index contributed by atoms with van der Waals surface area (Å²) in [4.78, 5) is 35.4. The Labute approximate surface area is 201 Å². The molecule has 0 aliphatic heterocycles. The van der Waals surface area contributed by atoms with Gasteiger partial charge in [0.1, 0.15) is 0 Å². The Kier molecular flexibility index (Phi) is 19.7. The zero-order chi connectivity index (χ0) is 23.5. The Hall–Kier alpha value is -0.580. The highest BCUT2D eigenvalue weighted by molar-refractivity contribution is 8.76. The SMILES string of the molecule is CC(CCCCNC(=O)CCSSC(C)C)NC(=O)CCNC(=O)CCNSC(C)C. The van der Waals surface area contributed by atoms with Gasteiger partial charge in [-0.25, -0.2) is 0 Å². The number of unbranched alkanes of at least 4 members (excludes halogenated alkanes) is 1. The quantitative estimate of drug-likeness (QED) is 0.124. The first-order valence-electron chi connectivity index (χ1n) is 11.2. The fourth-order valence-electron chi connectivity index (χ4n) is 2.42. The van der Waals surface area contributed by atoms with Crippen molar-refractivity contribution in [2.75, 3.05) is 25.4 Å². The molecule has 0 aromatic rings. The van der Waals surface area contributed by atoms with Crippen LogP contribution in [0.1, 0.15) is 73.1 Å². The second kappa shape index (κ2) is 20.1. The summed E-state index contributed by atoms with van der Waals surface area (Å²) in [6.45, 7) is 12.1. The molecule has 10 heteroatoms. The minimum Gasteiger partial charge on any atom is -0.356 e. The van der Waals surface area contributed by atoms with Gasteiger partial charge in [0, 0.05) is 61.2 Å². The van der Waals surface area contributed by atoms with Crippen molar-refractivity contribution in [1.29, 1.82) is 0 Å². The van der Waals surface area contributed by atoms with E-state index in [0.29, 0.717) is 43.0 Å². The minimum atomic E-state index is -0.0497. The molecule has 0 saturated carbocycles. The third kappa shape index (κ3) is 22.4. The molecule has 0 heterocycles. The van der Waals surface area contributed by atoms with E-state index in [9.17, 15) is 14.4 Å². The van der Waals surface area contributed by atoms with E-state index in [-0.39, 0.29) is 30.2 Å². The fourth-order valence-corrected chi connectivity index (χ4v) is 4.97. The highest BCUT2D eigenvalue weighted by Gasteiger charge is 2.09. The second-order valence-corrected chi connectivity index (χ2v) is 12.5. The van der Waals surface area contributed by atoms with Crippen LogP contribution in [0.2, 0.25) is 0 Å². The lowest BCUT2D eigenvalue weighted by molar-refractivity contribution is -0.123. The summed E-state index contributed by atoms with van der Waals surface area (Å²) in [5, 5.41) is 9.75. The van der Waals surface area contributed by atoms with Gasteiger partial charge in [0.25, 0.3) is 0 Å². The smallest absolute Gasteiger partial charge is 0.221 e. The molecule has 0 aliphatic rings. The van der Waals surface area contributed by atoms with Crippen LogP contribution in [0.4, 0.5) is 0 Å². The molecule has 3 amide bonds. The van der Waals surface area contributed by atoms with Crippen molar-refractivity contribution >= 4 is 51.3 Å². The van der Waals surface area contributed by atoms with Crippen LogP contribution in [0.3, 0.4) is 0 Å². The number of rotatable bonds is 19. The summed E-state index contributed by atoms with van der Waals surface area (Å²) in [7, 11) is 3.55. The van der Waals surface area contributed by atoms with Gasteiger partial charge in [0.15, 0.2) is 0 Å². The van der Waals surface area contributed by atoms with Gasteiger partial charge in [-0.1, -0.05) is 61.2 Å². The summed E-state index contributed by atoms with van der Waals surface area (Å²) in [5.74, 6) is 0.852. The van der Waals surface area contributed by atoms with Crippen molar-refractivity contribution in [3.63, 3.8) is 0 Å². The van der Waals surface area contributed by atoms with Crippen molar-refractivity contribution in [2.45, 2.75) is 89.7 Å². The topological polar surface area (TPSA) is 99.3 Å². The minimum absolute atomic E-state index is 0.0444. The zero-order valence-electron chi connectivity index (χ0n) is 19.8. The summed E-state index contributed by atoms with van der Waals surface area (Å²) in [6, 6.07) is 0.0839. The molecule has 31 heavy (non-hydrogen) atoms. The predicted octanol–water partition coefficient (Wildman–Crippen LogP) is 3.50. The first-order chi connectivity index (χ1) is 14.7. The highest BCUT2D eigenvalue weighted by atomic mass is 33.1. The van der Waals surface area contributed by atoms with Gasteiger partial charge in [-0.3, -0.25) is 19.1 Å². The van der Waals surface area contributed by atoms with Gasteiger partial charge >= 0.3 is 0 Å². The summed E-state index contributed by atoms with van der Waals surface area (Å²) >= 11 is 1.61. The number of nitrogens with one attached hydrogen (secondary N) is 4. The molecule has 182 valence electrons. The van der Waals surface area contributed by atoms with Crippen LogP contribution in [0.25, 0.3) is 0 Å². The lowest BCUT2D eigenvalue weighted by atomic mass is 10.1. The number of carbonyl (C=O) groups is 3. The van der Waals surface area contributed by atoms with Crippen molar-refractivity contribution in [1.82, 2.24) is 20.7 Å². The van der Waals surface area contributed by atoms with Crippen LogP contribution in [0.15, 0.2) is 0 Å². The first kappa shape index (κ1) is 30.4.